The first-order valence-corrected chi connectivity index (χ1v) is 6.08. The molecule has 0 aliphatic carbocycles. The van der Waals surface area contributed by atoms with Gasteiger partial charge in [0.05, 0.1) is 0 Å². The van der Waals surface area contributed by atoms with E-state index in [0.717, 1.165) is 12.8 Å². The van der Waals surface area contributed by atoms with Gasteiger partial charge in [-0.2, -0.15) is 5.26 Å². The molecule has 2 nitrogen and oxygen atoms in total. The van der Waals surface area contributed by atoms with Gasteiger partial charge in [-0.15, -0.1) is 6.58 Å². The van der Waals surface area contributed by atoms with Crippen LogP contribution in [-0.4, -0.2) is 4.57 Å². The smallest absolute Gasteiger partial charge is 0.120 e. The topological polar surface area (TPSA) is 28.7 Å². The highest BCUT2D eigenvalue weighted by atomic mass is 15.0. The maximum atomic E-state index is 9.04. The van der Waals surface area contributed by atoms with Crippen molar-refractivity contribution < 1.29 is 0 Å². The summed E-state index contributed by atoms with van der Waals surface area (Å²) in [6, 6.07) is 16.5. The fraction of sp³-hybridized carbons (Fsp3) is 0.188. The minimum absolute atomic E-state index is 0.694. The van der Waals surface area contributed by atoms with E-state index in [4.69, 9.17) is 5.26 Å². The Labute approximate surface area is 108 Å². The van der Waals surface area contributed by atoms with E-state index < -0.39 is 0 Å². The fourth-order valence-electron chi connectivity index (χ4n) is 2.09. The zero-order valence-corrected chi connectivity index (χ0v) is 10.3. The van der Waals surface area contributed by atoms with Gasteiger partial charge in [-0.05, 0) is 30.5 Å². The molecule has 90 valence electrons. The molecule has 2 aromatic rings. The van der Waals surface area contributed by atoms with Crippen molar-refractivity contribution in [3.63, 3.8) is 0 Å². The van der Waals surface area contributed by atoms with Gasteiger partial charge in [0.1, 0.15) is 11.8 Å². The number of nitrogens with zero attached hydrogens (tertiary/aromatic N) is 2. The molecule has 1 aromatic heterocycles. The van der Waals surface area contributed by atoms with Crippen LogP contribution in [-0.2, 0) is 19.4 Å². The highest BCUT2D eigenvalue weighted by molar-refractivity contribution is 5.28. The molecule has 0 aliphatic rings. The number of hydrogen-bond acceptors (Lipinski definition) is 1. The number of allylic oxidation sites excluding steroid dienone is 1. The summed E-state index contributed by atoms with van der Waals surface area (Å²) in [5.41, 5.74) is 3.22. The third kappa shape index (κ3) is 2.70. The summed E-state index contributed by atoms with van der Waals surface area (Å²) in [6.45, 7) is 4.43. The molecular weight excluding hydrogens is 220 g/mol. The third-order valence-corrected chi connectivity index (χ3v) is 3.01. The molecule has 1 aromatic carbocycles. The largest absolute Gasteiger partial charge is 0.333 e. The molecule has 0 N–H and O–H groups in total. The van der Waals surface area contributed by atoms with Gasteiger partial charge in [0.2, 0.25) is 0 Å². The van der Waals surface area contributed by atoms with Gasteiger partial charge in [-0.25, -0.2) is 0 Å². The molecule has 2 heteroatoms. The van der Waals surface area contributed by atoms with Crippen LogP contribution in [0.4, 0.5) is 0 Å². The van der Waals surface area contributed by atoms with Crippen molar-refractivity contribution in [1.29, 1.82) is 5.26 Å². The van der Waals surface area contributed by atoms with E-state index in [1.807, 2.05) is 28.8 Å². The molecule has 2 rings (SSSR count). The van der Waals surface area contributed by atoms with Crippen LogP contribution in [0.1, 0.15) is 17.0 Å². The molecule has 0 bridgehead atoms. The summed E-state index contributed by atoms with van der Waals surface area (Å²) in [6.07, 6.45) is 3.76. The van der Waals surface area contributed by atoms with Gasteiger partial charge in [0.25, 0.3) is 0 Å². The number of aromatic nitrogens is 1. The molecule has 0 aliphatic heterocycles. The Morgan fingerprint density at radius 3 is 2.56 bits per heavy atom. The summed E-state index contributed by atoms with van der Waals surface area (Å²) < 4.78 is 2.02. The van der Waals surface area contributed by atoms with Crippen LogP contribution in [0.25, 0.3) is 0 Å². The standard InChI is InChI=1S/C16H16N2/c1-2-12-18-15(10-11-16(18)13-17)9-8-14-6-4-3-5-7-14/h2-7,10-11H,1,8-9,12H2. The predicted molar refractivity (Wildman–Crippen MR) is 73.2 cm³/mol. The molecule has 0 saturated heterocycles. The van der Waals surface area contributed by atoms with Gasteiger partial charge in [-0.1, -0.05) is 36.4 Å². The quantitative estimate of drug-likeness (QED) is 0.732. The minimum Gasteiger partial charge on any atom is -0.333 e. The van der Waals surface area contributed by atoms with Gasteiger partial charge in [0.15, 0.2) is 0 Å². The lowest BCUT2D eigenvalue weighted by Crippen LogP contribution is -2.05. The zero-order chi connectivity index (χ0) is 12.8. The molecule has 0 radical (unpaired) electrons. The first kappa shape index (κ1) is 12.2. The van der Waals surface area contributed by atoms with E-state index in [1.54, 1.807) is 0 Å². The van der Waals surface area contributed by atoms with E-state index in [0.29, 0.717) is 12.2 Å². The molecule has 0 saturated carbocycles. The first-order chi connectivity index (χ1) is 8.85. The third-order valence-electron chi connectivity index (χ3n) is 3.01. The van der Waals surface area contributed by atoms with Crippen LogP contribution in [0.3, 0.4) is 0 Å². The summed E-state index contributed by atoms with van der Waals surface area (Å²) in [5.74, 6) is 0. The van der Waals surface area contributed by atoms with E-state index in [2.05, 4.69) is 36.9 Å². The second-order valence-electron chi connectivity index (χ2n) is 4.21. The minimum atomic E-state index is 0.694. The van der Waals surface area contributed by atoms with Gasteiger partial charge < -0.3 is 4.57 Å². The molecule has 1 heterocycles. The second kappa shape index (κ2) is 5.88. The average molecular weight is 236 g/mol. The normalized spacial score (nSPS) is 9.94. The Bertz CT molecular complexity index is 559. The first-order valence-electron chi connectivity index (χ1n) is 6.08. The molecule has 0 spiro atoms. The Morgan fingerprint density at radius 1 is 1.11 bits per heavy atom. The van der Waals surface area contributed by atoms with Crippen LogP contribution in [0.2, 0.25) is 0 Å². The Kier molecular flexibility index (Phi) is 3.98. The molecule has 0 atom stereocenters. The van der Waals surface area contributed by atoms with E-state index in [-0.39, 0.29) is 0 Å². The second-order valence-corrected chi connectivity index (χ2v) is 4.21. The summed E-state index contributed by atoms with van der Waals surface area (Å²) in [7, 11) is 0. The highest BCUT2D eigenvalue weighted by Crippen LogP contribution is 2.12. The Hall–Kier alpha value is -2.27. The van der Waals surface area contributed by atoms with E-state index in [1.165, 1.54) is 11.3 Å². The maximum Gasteiger partial charge on any atom is 0.120 e. The fourth-order valence-corrected chi connectivity index (χ4v) is 2.09. The number of rotatable bonds is 5. The predicted octanol–water partition coefficient (Wildman–Crippen LogP) is 3.33. The van der Waals surface area contributed by atoms with Crippen LogP contribution >= 0.6 is 0 Å². The molecular formula is C16H16N2. The lowest BCUT2D eigenvalue weighted by Gasteiger charge is -2.08. The lowest BCUT2D eigenvalue weighted by atomic mass is 10.1. The highest BCUT2D eigenvalue weighted by Gasteiger charge is 2.06. The van der Waals surface area contributed by atoms with Crippen molar-refractivity contribution in [2.75, 3.05) is 0 Å². The summed E-state index contributed by atoms with van der Waals surface area (Å²) in [4.78, 5) is 0. The van der Waals surface area contributed by atoms with Crippen molar-refractivity contribution in [3.05, 3.63) is 72.1 Å². The summed E-state index contributed by atoms with van der Waals surface area (Å²) >= 11 is 0. The molecule has 0 amide bonds. The van der Waals surface area contributed by atoms with Crippen LogP contribution in [0.15, 0.2) is 55.1 Å². The molecule has 18 heavy (non-hydrogen) atoms. The van der Waals surface area contributed by atoms with Gasteiger partial charge >= 0.3 is 0 Å². The SMILES string of the molecule is C=CCn1c(C#N)ccc1CCc1ccccc1. The number of benzene rings is 1. The average Bonchev–Trinajstić information content (AvgIpc) is 2.80. The van der Waals surface area contributed by atoms with E-state index in [9.17, 15) is 0 Å². The van der Waals surface area contributed by atoms with Crippen LogP contribution in [0, 0.1) is 11.3 Å². The van der Waals surface area contributed by atoms with Crippen molar-refractivity contribution >= 4 is 0 Å². The van der Waals surface area contributed by atoms with Crippen molar-refractivity contribution in [2.24, 2.45) is 0 Å². The van der Waals surface area contributed by atoms with Crippen molar-refractivity contribution in [3.8, 4) is 6.07 Å². The molecule has 0 unspecified atom stereocenters. The van der Waals surface area contributed by atoms with Crippen LogP contribution in [0.5, 0.6) is 0 Å². The number of hydrogen-bond donors (Lipinski definition) is 0. The Morgan fingerprint density at radius 2 is 1.89 bits per heavy atom. The Balaban J connectivity index is 2.12. The zero-order valence-electron chi connectivity index (χ0n) is 10.3. The van der Waals surface area contributed by atoms with E-state index >= 15 is 0 Å². The lowest BCUT2D eigenvalue weighted by molar-refractivity contribution is 0.739. The number of nitriles is 1. The van der Waals surface area contributed by atoms with Gasteiger partial charge in [-0.3, -0.25) is 0 Å². The van der Waals surface area contributed by atoms with Crippen molar-refractivity contribution in [1.82, 2.24) is 4.57 Å². The van der Waals surface area contributed by atoms with Crippen molar-refractivity contribution in [2.45, 2.75) is 19.4 Å². The van der Waals surface area contributed by atoms with Crippen LogP contribution < -0.4 is 0 Å². The maximum absolute atomic E-state index is 9.04. The van der Waals surface area contributed by atoms with Gasteiger partial charge in [0, 0.05) is 12.2 Å². The number of aryl methyl sites for hydroxylation is 2. The monoisotopic (exact) mass is 236 g/mol. The summed E-state index contributed by atoms with van der Waals surface area (Å²) in [5, 5.41) is 9.04. The molecule has 0 fully saturated rings.